The third-order valence-electron chi connectivity index (χ3n) is 5.00. The molecule has 0 aliphatic carbocycles. The van der Waals surface area contributed by atoms with Crippen LogP contribution in [-0.2, 0) is 13.2 Å². The maximum atomic E-state index is 9.63. The number of nitrogens with zero attached hydrogens (tertiary/aromatic N) is 2. The van der Waals surface area contributed by atoms with Crippen molar-refractivity contribution in [1.29, 1.82) is 0 Å². The largest absolute Gasteiger partial charge is 0.493 e. The number of anilines is 2. The lowest BCUT2D eigenvalue weighted by molar-refractivity contribution is 0.279. The van der Waals surface area contributed by atoms with E-state index in [1.54, 1.807) is 38.1 Å². The number of aliphatic hydroxyl groups is 1. The predicted molar refractivity (Wildman–Crippen MR) is 127 cm³/mol. The number of aromatic nitrogens is 2. The summed E-state index contributed by atoms with van der Waals surface area (Å²) >= 11 is 1.62. The van der Waals surface area contributed by atoms with E-state index in [4.69, 9.17) is 15.2 Å². The van der Waals surface area contributed by atoms with E-state index in [1.807, 2.05) is 36.4 Å². The summed E-state index contributed by atoms with van der Waals surface area (Å²) in [5, 5.41) is 13.6. The standard InChI is InChI=1S/C24H24N4O3S/c1-30-19-11-17-18(12-20(19)31-2)27-24(28-23(17)25)26-13-15-7-3-5-9-21(15)32-22-10-6-4-8-16(22)14-29/h3-12,29H,13-14H2,1-2H3,(H3,25,26,27,28). The Bertz CT molecular complexity index is 1250. The van der Waals surface area contributed by atoms with Gasteiger partial charge in [-0.2, -0.15) is 4.98 Å². The fraction of sp³-hybridized carbons (Fsp3) is 0.167. The van der Waals surface area contributed by atoms with Gasteiger partial charge >= 0.3 is 0 Å². The molecule has 0 bridgehead atoms. The molecule has 0 fully saturated rings. The van der Waals surface area contributed by atoms with Gasteiger partial charge in [0.25, 0.3) is 0 Å². The minimum absolute atomic E-state index is 0.00203. The Morgan fingerprint density at radius 1 is 0.906 bits per heavy atom. The van der Waals surface area contributed by atoms with Gasteiger partial charge in [0.15, 0.2) is 11.5 Å². The van der Waals surface area contributed by atoms with Crippen LogP contribution in [0.15, 0.2) is 70.5 Å². The van der Waals surface area contributed by atoms with E-state index >= 15 is 0 Å². The normalized spacial score (nSPS) is 10.8. The highest BCUT2D eigenvalue weighted by Gasteiger charge is 2.13. The van der Waals surface area contributed by atoms with Gasteiger partial charge in [0.2, 0.25) is 5.95 Å². The smallest absolute Gasteiger partial charge is 0.225 e. The van der Waals surface area contributed by atoms with Crippen LogP contribution in [0, 0.1) is 0 Å². The van der Waals surface area contributed by atoms with E-state index < -0.39 is 0 Å². The van der Waals surface area contributed by atoms with Gasteiger partial charge in [0.1, 0.15) is 5.82 Å². The summed E-state index contributed by atoms with van der Waals surface area (Å²) in [7, 11) is 3.15. The van der Waals surface area contributed by atoms with Gasteiger partial charge in [-0.3, -0.25) is 0 Å². The molecule has 1 aromatic heterocycles. The lowest BCUT2D eigenvalue weighted by atomic mass is 10.2. The van der Waals surface area contributed by atoms with Gasteiger partial charge in [-0.15, -0.1) is 0 Å². The molecular weight excluding hydrogens is 424 g/mol. The Balaban J connectivity index is 1.59. The third kappa shape index (κ3) is 4.56. The Kier molecular flexibility index (Phi) is 6.63. The van der Waals surface area contributed by atoms with Crippen LogP contribution in [0.4, 0.5) is 11.8 Å². The second-order valence-corrected chi connectivity index (χ2v) is 8.07. The Morgan fingerprint density at radius 2 is 1.53 bits per heavy atom. The number of methoxy groups -OCH3 is 2. The Morgan fingerprint density at radius 3 is 2.22 bits per heavy atom. The van der Waals surface area contributed by atoms with Crippen molar-refractivity contribution in [3.63, 3.8) is 0 Å². The second-order valence-electron chi connectivity index (χ2n) is 6.99. The average molecular weight is 449 g/mol. The molecule has 4 aromatic rings. The molecule has 4 rings (SSSR count). The molecule has 0 spiro atoms. The van der Waals surface area contributed by atoms with E-state index in [2.05, 4.69) is 27.4 Å². The van der Waals surface area contributed by atoms with Gasteiger partial charge < -0.3 is 25.6 Å². The Labute approximate surface area is 190 Å². The van der Waals surface area contributed by atoms with E-state index in [-0.39, 0.29) is 6.61 Å². The lowest BCUT2D eigenvalue weighted by Crippen LogP contribution is -2.07. The molecule has 1 heterocycles. The number of nitrogens with one attached hydrogen (secondary N) is 1. The first-order valence-corrected chi connectivity index (χ1v) is 10.8. The molecule has 7 nitrogen and oxygen atoms in total. The molecule has 3 aromatic carbocycles. The van der Waals surface area contributed by atoms with Crippen LogP contribution in [0.2, 0.25) is 0 Å². The molecule has 8 heteroatoms. The summed E-state index contributed by atoms with van der Waals surface area (Å²) in [5.74, 6) is 1.94. The molecular formula is C24H24N4O3S. The van der Waals surface area contributed by atoms with Gasteiger partial charge in [0, 0.05) is 27.8 Å². The minimum Gasteiger partial charge on any atom is -0.493 e. The van der Waals surface area contributed by atoms with Crippen LogP contribution in [0.3, 0.4) is 0 Å². The van der Waals surface area contributed by atoms with Crippen molar-refractivity contribution in [3.8, 4) is 11.5 Å². The maximum absolute atomic E-state index is 9.63. The molecule has 4 N–H and O–H groups in total. The van der Waals surface area contributed by atoms with Crippen molar-refractivity contribution in [2.45, 2.75) is 22.9 Å². The average Bonchev–Trinajstić information content (AvgIpc) is 2.83. The number of benzene rings is 3. The van der Waals surface area contributed by atoms with Gasteiger partial charge in [-0.1, -0.05) is 48.2 Å². The number of ether oxygens (including phenoxy) is 2. The number of hydrogen-bond acceptors (Lipinski definition) is 8. The molecule has 0 aliphatic rings. The maximum Gasteiger partial charge on any atom is 0.225 e. The summed E-state index contributed by atoms with van der Waals surface area (Å²) in [4.78, 5) is 11.1. The molecule has 164 valence electrons. The highest BCUT2D eigenvalue weighted by atomic mass is 32.2. The number of rotatable bonds is 8. The van der Waals surface area contributed by atoms with E-state index in [0.29, 0.717) is 40.7 Å². The number of hydrogen-bond donors (Lipinski definition) is 3. The molecule has 0 radical (unpaired) electrons. The Hall–Kier alpha value is -3.49. The quantitative estimate of drug-likeness (QED) is 0.362. The van der Waals surface area contributed by atoms with Crippen LogP contribution in [0.1, 0.15) is 11.1 Å². The minimum atomic E-state index is 0.00203. The summed E-state index contributed by atoms with van der Waals surface area (Å²) in [5.41, 5.74) is 8.84. The molecule has 0 unspecified atom stereocenters. The van der Waals surface area contributed by atoms with Crippen LogP contribution < -0.4 is 20.5 Å². The fourth-order valence-electron chi connectivity index (χ4n) is 3.33. The second kappa shape index (κ2) is 9.76. The van der Waals surface area contributed by atoms with Crippen molar-refractivity contribution in [1.82, 2.24) is 9.97 Å². The zero-order valence-electron chi connectivity index (χ0n) is 17.8. The summed E-state index contributed by atoms with van der Waals surface area (Å²) in [6.45, 7) is 0.519. The van der Waals surface area contributed by atoms with Gasteiger partial charge in [-0.05, 0) is 29.3 Å². The van der Waals surface area contributed by atoms with E-state index in [1.165, 1.54) is 0 Å². The molecule has 0 saturated carbocycles. The van der Waals surface area contributed by atoms with Crippen molar-refractivity contribution in [2.24, 2.45) is 0 Å². The van der Waals surface area contributed by atoms with E-state index in [0.717, 1.165) is 20.9 Å². The SMILES string of the molecule is COc1cc2nc(NCc3ccccc3Sc3ccccc3CO)nc(N)c2cc1OC. The number of nitrogens with two attached hydrogens (primary N) is 1. The molecule has 0 saturated heterocycles. The highest BCUT2D eigenvalue weighted by molar-refractivity contribution is 7.99. The first-order chi connectivity index (χ1) is 15.6. The van der Waals surface area contributed by atoms with Crippen LogP contribution in [0.25, 0.3) is 10.9 Å². The summed E-state index contributed by atoms with van der Waals surface area (Å²) in [6.07, 6.45) is 0. The van der Waals surface area contributed by atoms with Crippen LogP contribution in [-0.4, -0.2) is 29.3 Å². The van der Waals surface area contributed by atoms with E-state index in [9.17, 15) is 5.11 Å². The number of nitrogen functional groups attached to an aromatic ring is 1. The fourth-order valence-corrected chi connectivity index (χ4v) is 4.40. The molecule has 0 aliphatic heterocycles. The number of aliphatic hydroxyl groups excluding tert-OH is 1. The van der Waals surface area contributed by atoms with Gasteiger partial charge in [-0.25, -0.2) is 4.98 Å². The zero-order chi connectivity index (χ0) is 22.5. The first-order valence-electron chi connectivity index (χ1n) is 10.0. The van der Waals surface area contributed by atoms with Crippen LogP contribution >= 0.6 is 11.8 Å². The highest BCUT2D eigenvalue weighted by Crippen LogP contribution is 2.35. The molecule has 0 amide bonds. The first kappa shape index (κ1) is 21.7. The molecule has 0 atom stereocenters. The number of fused-ring (bicyclic) bond motifs is 1. The van der Waals surface area contributed by atoms with Gasteiger partial charge in [0.05, 0.1) is 26.3 Å². The lowest BCUT2D eigenvalue weighted by Gasteiger charge is -2.13. The summed E-state index contributed by atoms with van der Waals surface area (Å²) < 4.78 is 10.7. The molecule has 32 heavy (non-hydrogen) atoms. The van der Waals surface area contributed by atoms with Crippen molar-refractivity contribution < 1.29 is 14.6 Å². The zero-order valence-corrected chi connectivity index (χ0v) is 18.6. The van der Waals surface area contributed by atoms with Crippen molar-refractivity contribution in [2.75, 3.05) is 25.3 Å². The van der Waals surface area contributed by atoms with Crippen LogP contribution in [0.5, 0.6) is 11.5 Å². The van der Waals surface area contributed by atoms with Crippen molar-refractivity contribution >= 4 is 34.4 Å². The monoisotopic (exact) mass is 448 g/mol. The third-order valence-corrected chi connectivity index (χ3v) is 6.24. The summed E-state index contributed by atoms with van der Waals surface area (Å²) in [6, 6.07) is 19.5. The predicted octanol–water partition coefficient (Wildman–Crippen LogP) is 4.48. The topological polar surface area (TPSA) is 103 Å². The van der Waals surface area contributed by atoms with Crippen molar-refractivity contribution in [3.05, 3.63) is 71.8 Å².